The molecule has 3 saturated carbocycles. The number of phenols is 1. The van der Waals surface area contributed by atoms with Crippen molar-refractivity contribution in [2.45, 2.75) is 74.2 Å². The summed E-state index contributed by atoms with van der Waals surface area (Å²) in [6, 6.07) is 4.39. The fraction of sp³-hybridized carbons (Fsp3) is 0.704. The van der Waals surface area contributed by atoms with Crippen molar-refractivity contribution < 1.29 is 19.7 Å². The Hall–Kier alpha value is -1.56. The molecular formula is C27H33NO4. The second-order valence-corrected chi connectivity index (χ2v) is 12.1. The molecule has 1 unspecified atom stereocenters. The van der Waals surface area contributed by atoms with Gasteiger partial charge in [0.25, 0.3) is 0 Å². The first-order chi connectivity index (χ1) is 15.4. The molecular weight excluding hydrogens is 402 g/mol. The van der Waals surface area contributed by atoms with Crippen LogP contribution in [0.3, 0.4) is 0 Å². The number of rotatable bonds is 3. The summed E-state index contributed by atoms with van der Waals surface area (Å²) in [5.74, 6) is 2.16. The Morgan fingerprint density at radius 1 is 1.19 bits per heavy atom. The van der Waals surface area contributed by atoms with Crippen molar-refractivity contribution in [3.8, 4) is 11.5 Å². The predicted molar refractivity (Wildman–Crippen MR) is 119 cm³/mol. The molecule has 1 saturated heterocycles. The van der Waals surface area contributed by atoms with E-state index in [1.807, 2.05) is 13.0 Å². The van der Waals surface area contributed by atoms with Gasteiger partial charge in [-0.15, -0.1) is 0 Å². The van der Waals surface area contributed by atoms with E-state index in [1.165, 1.54) is 30.5 Å². The summed E-state index contributed by atoms with van der Waals surface area (Å²) in [4.78, 5) is 2.80. The van der Waals surface area contributed by atoms with Crippen LogP contribution < -0.4 is 4.74 Å². The number of hydrogen-bond donors (Lipinski definition) is 2. The molecule has 2 spiro atoms. The normalized spacial score (nSPS) is 51.5. The van der Waals surface area contributed by atoms with Gasteiger partial charge in [0.15, 0.2) is 11.5 Å². The second kappa shape index (κ2) is 5.39. The average Bonchev–Trinajstić information content (AvgIpc) is 3.42. The van der Waals surface area contributed by atoms with Crippen LogP contribution in [0.15, 0.2) is 24.3 Å². The minimum absolute atomic E-state index is 0.00417. The number of likely N-dealkylation sites (tertiary alicyclic amines) is 1. The SMILES string of the molecule is CO[C@@]12C=C[C@]3(C4Cc5ccc(O)c6c5[C@@]3(CCN4CC3CC3)[C@H]1O6)[C@@H]1CC[C@](C)(O)[C@@H]12. The molecule has 1 aromatic rings. The fourth-order valence-electron chi connectivity index (χ4n) is 9.97. The van der Waals surface area contributed by atoms with Gasteiger partial charge in [-0.2, -0.15) is 0 Å². The van der Waals surface area contributed by atoms with Gasteiger partial charge in [-0.05, 0) is 75.5 Å². The highest BCUT2D eigenvalue weighted by atomic mass is 16.6. The molecule has 2 heterocycles. The van der Waals surface area contributed by atoms with Gasteiger partial charge >= 0.3 is 0 Å². The first-order valence-electron chi connectivity index (χ1n) is 12.6. The van der Waals surface area contributed by atoms with Crippen LogP contribution >= 0.6 is 0 Å². The second-order valence-electron chi connectivity index (χ2n) is 12.1. The lowest BCUT2D eigenvalue weighted by Crippen LogP contribution is -2.82. The fourth-order valence-corrected chi connectivity index (χ4v) is 9.97. The smallest absolute Gasteiger partial charge is 0.165 e. The number of benzene rings is 1. The third-order valence-electron chi connectivity index (χ3n) is 11.0. The molecule has 0 amide bonds. The van der Waals surface area contributed by atoms with E-state index in [2.05, 4.69) is 23.1 Å². The number of hydrogen-bond acceptors (Lipinski definition) is 5. The maximum atomic E-state index is 11.7. The monoisotopic (exact) mass is 435 g/mol. The summed E-state index contributed by atoms with van der Waals surface area (Å²) in [5, 5.41) is 22.6. The van der Waals surface area contributed by atoms with Gasteiger partial charge in [0, 0.05) is 36.6 Å². The van der Waals surface area contributed by atoms with Gasteiger partial charge in [-0.3, -0.25) is 4.90 Å². The van der Waals surface area contributed by atoms with Crippen molar-refractivity contribution in [1.82, 2.24) is 4.90 Å². The number of ether oxygens (including phenoxy) is 2. The van der Waals surface area contributed by atoms with Crippen LogP contribution in [-0.2, 0) is 16.6 Å². The van der Waals surface area contributed by atoms with E-state index in [0.717, 1.165) is 38.1 Å². The molecule has 0 radical (unpaired) electrons. The summed E-state index contributed by atoms with van der Waals surface area (Å²) in [6.07, 6.45) is 11.2. The first-order valence-corrected chi connectivity index (χ1v) is 12.6. The third kappa shape index (κ3) is 1.72. The number of methoxy groups -OCH3 is 1. The molecule has 2 N–H and O–H groups in total. The summed E-state index contributed by atoms with van der Waals surface area (Å²) < 4.78 is 13.2. The van der Waals surface area contributed by atoms with Crippen molar-refractivity contribution in [1.29, 1.82) is 0 Å². The lowest BCUT2D eigenvalue weighted by molar-refractivity contribution is -0.259. The van der Waals surface area contributed by atoms with Gasteiger partial charge < -0.3 is 19.7 Å². The molecule has 9 rings (SSSR count). The molecule has 5 nitrogen and oxygen atoms in total. The van der Waals surface area contributed by atoms with Crippen molar-refractivity contribution >= 4 is 0 Å². The summed E-state index contributed by atoms with van der Waals surface area (Å²) in [5.41, 5.74) is 0.894. The standard InChI is InChI=1S/C27H33NO4/c1-24(30)8-7-17-22(24)27(31-2)10-9-25(17)19-13-16-5-6-18(29)21-20(16)26(25,23(27)32-21)11-12-28(19)14-15-3-4-15/h5-6,9-10,15,17,19,22-23,29-30H,3-4,7-8,11-14H2,1-2H3/t17-,19?,22-,23-,24+,25-,26+,27-/m1/s1. The van der Waals surface area contributed by atoms with Gasteiger partial charge in [-0.25, -0.2) is 0 Å². The van der Waals surface area contributed by atoms with Crippen molar-refractivity contribution in [2.24, 2.45) is 23.2 Å². The zero-order valence-electron chi connectivity index (χ0n) is 19.0. The summed E-state index contributed by atoms with van der Waals surface area (Å²) >= 11 is 0. The lowest BCUT2D eigenvalue weighted by Gasteiger charge is -2.74. The van der Waals surface area contributed by atoms with E-state index in [-0.39, 0.29) is 28.6 Å². The average molecular weight is 436 g/mol. The highest BCUT2D eigenvalue weighted by Crippen LogP contribution is 2.79. The number of nitrogens with zero attached hydrogens (tertiary/aromatic N) is 1. The van der Waals surface area contributed by atoms with Crippen LogP contribution in [0.1, 0.15) is 50.2 Å². The Balaban J connectivity index is 1.45. The molecule has 4 fully saturated rings. The van der Waals surface area contributed by atoms with Gasteiger partial charge in [0.2, 0.25) is 0 Å². The molecule has 0 aromatic heterocycles. The van der Waals surface area contributed by atoms with Crippen LogP contribution in [0.2, 0.25) is 0 Å². The quantitative estimate of drug-likeness (QED) is 0.715. The van der Waals surface area contributed by atoms with Crippen molar-refractivity contribution in [3.05, 3.63) is 35.4 Å². The molecule has 4 bridgehead atoms. The highest BCUT2D eigenvalue weighted by molar-refractivity contribution is 5.65. The Kier molecular flexibility index (Phi) is 3.17. The van der Waals surface area contributed by atoms with Crippen LogP contribution in [0, 0.1) is 23.2 Å². The third-order valence-corrected chi connectivity index (χ3v) is 11.0. The Morgan fingerprint density at radius 3 is 2.81 bits per heavy atom. The maximum absolute atomic E-state index is 11.7. The van der Waals surface area contributed by atoms with E-state index in [1.54, 1.807) is 7.11 Å². The highest BCUT2D eigenvalue weighted by Gasteiger charge is 2.84. The summed E-state index contributed by atoms with van der Waals surface area (Å²) in [6.45, 7) is 4.30. The predicted octanol–water partition coefficient (Wildman–Crippen LogP) is 3.16. The van der Waals surface area contributed by atoms with Gasteiger partial charge in [-0.1, -0.05) is 18.2 Å². The van der Waals surface area contributed by atoms with Gasteiger partial charge in [0.1, 0.15) is 11.7 Å². The first kappa shape index (κ1) is 18.8. The zero-order valence-corrected chi connectivity index (χ0v) is 19.0. The number of aromatic hydroxyl groups is 1. The van der Waals surface area contributed by atoms with Crippen LogP contribution in [0.25, 0.3) is 0 Å². The van der Waals surface area contributed by atoms with Crippen molar-refractivity contribution in [2.75, 3.05) is 20.2 Å². The van der Waals surface area contributed by atoms with E-state index < -0.39 is 11.2 Å². The molecule has 2 aliphatic heterocycles. The van der Waals surface area contributed by atoms with Crippen LogP contribution in [-0.4, -0.2) is 58.7 Å². The Labute approximate surface area is 189 Å². The minimum atomic E-state index is -0.782. The largest absolute Gasteiger partial charge is 0.504 e. The number of aliphatic hydroxyl groups is 1. The Morgan fingerprint density at radius 2 is 2.03 bits per heavy atom. The minimum Gasteiger partial charge on any atom is -0.504 e. The zero-order chi connectivity index (χ0) is 21.7. The van der Waals surface area contributed by atoms with E-state index >= 15 is 0 Å². The number of piperidine rings is 1. The van der Waals surface area contributed by atoms with E-state index in [0.29, 0.717) is 17.7 Å². The molecule has 1 aromatic carbocycles. The maximum Gasteiger partial charge on any atom is 0.165 e. The van der Waals surface area contributed by atoms with Gasteiger partial charge in [0.05, 0.1) is 11.0 Å². The van der Waals surface area contributed by atoms with E-state index in [9.17, 15) is 10.2 Å². The molecule has 8 aliphatic rings. The molecule has 170 valence electrons. The molecule has 6 aliphatic carbocycles. The van der Waals surface area contributed by atoms with Crippen LogP contribution in [0.5, 0.6) is 11.5 Å². The molecule has 32 heavy (non-hydrogen) atoms. The van der Waals surface area contributed by atoms with E-state index in [4.69, 9.17) is 9.47 Å². The van der Waals surface area contributed by atoms with Crippen molar-refractivity contribution in [3.63, 3.8) is 0 Å². The van der Waals surface area contributed by atoms with Crippen LogP contribution in [0.4, 0.5) is 0 Å². The Bertz CT molecular complexity index is 1080. The topological polar surface area (TPSA) is 62.2 Å². The number of phenolic OH excluding ortho intramolecular Hbond substituents is 1. The molecule has 8 atom stereocenters. The summed E-state index contributed by atoms with van der Waals surface area (Å²) in [7, 11) is 1.79. The lowest BCUT2D eigenvalue weighted by atomic mass is 9.34. The molecule has 5 heteroatoms.